The minimum atomic E-state index is -0.392. The highest BCUT2D eigenvalue weighted by molar-refractivity contribution is 5.79. The lowest BCUT2D eigenvalue weighted by molar-refractivity contribution is 0.169. The number of alkyl carbamates (subject to hydrolysis) is 1. The van der Waals surface area contributed by atoms with E-state index in [0.717, 1.165) is 19.3 Å². The Hall–Kier alpha value is -1.26. The quantitative estimate of drug-likeness (QED) is 0.461. The third-order valence-corrected chi connectivity index (χ3v) is 2.70. The van der Waals surface area contributed by atoms with Crippen molar-refractivity contribution in [3.63, 3.8) is 0 Å². The van der Waals surface area contributed by atoms with Gasteiger partial charge in [0.05, 0.1) is 12.9 Å². The standard InChI is InChI=1S/C9H17N3O2/c1-14-9(13)12-5-6-2-3-7(4-6)8(10)11/h6-7H,2-5H2,1H3,(H3,10,11)(H,12,13). The number of hydrogen-bond donors (Lipinski definition) is 3. The topological polar surface area (TPSA) is 88.2 Å². The molecule has 4 N–H and O–H groups in total. The molecule has 0 bridgehead atoms. The number of carbonyl (C=O) groups is 1. The number of rotatable bonds is 3. The normalized spacial score (nSPS) is 25.8. The van der Waals surface area contributed by atoms with Crippen LogP contribution in [0.2, 0.25) is 0 Å². The van der Waals surface area contributed by atoms with Gasteiger partial charge in [-0.25, -0.2) is 4.79 Å². The Morgan fingerprint density at radius 2 is 2.36 bits per heavy atom. The number of carbonyl (C=O) groups excluding carboxylic acids is 1. The van der Waals surface area contributed by atoms with E-state index in [0.29, 0.717) is 12.5 Å². The zero-order valence-electron chi connectivity index (χ0n) is 8.38. The van der Waals surface area contributed by atoms with Gasteiger partial charge < -0.3 is 15.8 Å². The molecule has 0 spiro atoms. The van der Waals surface area contributed by atoms with Crippen LogP contribution in [-0.4, -0.2) is 25.6 Å². The SMILES string of the molecule is COC(=O)NCC1CCC(C(=N)N)C1. The summed E-state index contributed by atoms with van der Waals surface area (Å²) in [5.74, 6) is 0.910. The maximum atomic E-state index is 10.8. The zero-order valence-corrected chi connectivity index (χ0v) is 8.38. The highest BCUT2D eigenvalue weighted by Gasteiger charge is 2.26. The molecule has 1 rings (SSSR count). The van der Waals surface area contributed by atoms with E-state index in [1.165, 1.54) is 7.11 Å². The largest absolute Gasteiger partial charge is 0.453 e. The Morgan fingerprint density at radius 1 is 1.64 bits per heavy atom. The average Bonchev–Trinajstić information content (AvgIpc) is 2.62. The van der Waals surface area contributed by atoms with Crippen LogP contribution in [-0.2, 0) is 4.74 Å². The molecule has 1 aliphatic rings. The van der Waals surface area contributed by atoms with E-state index in [1.807, 2.05) is 0 Å². The van der Waals surface area contributed by atoms with Gasteiger partial charge >= 0.3 is 6.09 Å². The lowest BCUT2D eigenvalue weighted by Crippen LogP contribution is -2.28. The van der Waals surface area contributed by atoms with E-state index in [9.17, 15) is 4.79 Å². The van der Waals surface area contributed by atoms with Crippen molar-refractivity contribution >= 4 is 11.9 Å². The Morgan fingerprint density at radius 3 is 2.86 bits per heavy atom. The Bertz CT molecular complexity index is 230. The van der Waals surface area contributed by atoms with Gasteiger partial charge in [0, 0.05) is 12.5 Å². The average molecular weight is 199 g/mol. The van der Waals surface area contributed by atoms with Gasteiger partial charge in [0.1, 0.15) is 0 Å². The number of methoxy groups -OCH3 is 1. The van der Waals surface area contributed by atoms with E-state index in [4.69, 9.17) is 11.1 Å². The van der Waals surface area contributed by atoms with Gasteiger partial charge in [-0.3, -0.25) is 5.41 Å². The molecule has 1 saturated carbocycles. The maximum Gasteiger partial charge on any atom is 0.406 e. The van der Waals surface area contributed by atoms with E-state index in [1.54, 1.807) is 0 Å². The molecule has 2 atom stereocenters. The van der Waals surface area contributed by atoms with Gasteiger partial charge in [0.25, 0.3) is 0 Å². The molecular weight excluding hydrogens is 182 g/mol. The second-order valence-electron chi connectivity index (χ2n) is 3.70. The highest BCUT2D eigenvalue weighted by atomic mass is 16.5. The number of amidine groups is 1. The van der Waals surface area contributed by atoms with Gasteiger partial charge in [0.2, 0.25) is 0 Å². The summed E-state index contributed by atoms with van der Waals surface area (Å²) in [6, 6.07) is 0. The first-order chi connectivity index (χ1) is 6.63. The first-order valence-corrected chi connectivity index (χ1v) is 4.79. The molecular formula is C9H17N3O2. The van der Waals surface area contributed by atoms with E-state index in [2.05, 4.69) is 10.1 Å². The lowest BCUT2D eigenvalue weighted by Gasteiger charge is -2.10. The molecule has 1 amide bonds. The summed E-state index contributed by atoms with van der Waals surface area (Å²) < 4.78 is 4.47. The molecule has 0 aromatic rings. The minimum Gasteiger partial charge on any atom is -0.453 e. The molecule has 0 heterocycles. The van der Waals surface area contributed by atoms with Crippen LogP contribution in [0.3, 0.4) is 0 Å². The van der Waals surface area contributed by atoms with Gasteiger partial charge in [-0.2, -0.15) is 0 Å². The van der Waals surface area contributed by atoms with Crippen molar-refractivity contribution in [1.29, 1.82) is 5.41 Å². The van der Waals surface area contributed by atoms with Crippen molar-refractivity contribution in [2.75, 3.05) is 13.7 Å². The van der Waals surface area contributed by atoms with Crippen LogP contribution in [0.1, 0.15) is 19.3 Å². The van der Waals surface area contributed by atoms with Crippen LogP contribution in [0.4, 0.5) is 4.79 Å². The second kappa shape index (κ2) is 4.83. The molecule has 0 aliphatic heterocycles. The van der Waals surface area contributed by atoms with Crippen molar-refractivity contribution in [1.82, 2.24) is 5.32 Å². The summed E-state index contributed by atoms with van der Waals surface area (Å²) >= 11 is 0. The molecule has 5 heteroatoms. The number of nitrogens with two attached hydrogens (primary N) is 1. The van der Waals surface area contributed by atoms with Crippen LogP contribution >= 0.6 is 0 Å². The van der Waals surface area contributed by atoms with Crippen LogP contribution in [0.25, 0.3) is 0 Å². The molecule has 1 aliphatic carbocycles. The van der Waals surface area contributed by atoms with Crippen LogP contribution in [0, 0.1) is 17.2 Å². The van der Waals surface area contributed by atoms with Crippen molar-refractivity contribution in [3.05, 3.63) is 0 Å². The van der Waals surface area contributed by atoms with E-state index in [-0.39, 0.29) is 11.8 Å². The summed E-state index contributed by atoms with van der Waals surface area (Å²) in [7, 11) is 1.35. The van der Waals surface area contributed by atoms with Crippen LogP contribution < -0.4 is 11.1 Å². The number of nitrogens with one attached hydrogen (secondary N) is 2. The van der Waals surface area contributed by atoms with Gasteiger partial charge in [-0.15, -0.1) is 0 Å². The smallest absolute Gasteiger partial charge is 0.406 e. The summed E-state index contributed by atoms with van der Waals surface area (Å²) in [6.45, 7) is 0.621. The summed E-state index contributed by atoms with van der Waals surface area (Å²) in [4.78, 5) is 10.8. The molecule has 0 aromatic carbocycles. The molecule has 1 fully saturated rings. The van der Waals surface area contributed by atoms with Crippen molar-refractivity contribution in [2.24, 2.45) is 17.6 Å². The van der Waals surface area contributed by atoms with Crippen LogP contribution in [0.5, 0.6) is 0 Å². The number of ether oxygens (including phenoxy) is 1. The van der Waals surface area contributed by atoms with Crippen molar-refractivity contribution in [2.45, 2.75) is 19.3 Å². The number of hydrogen-bond acceptors (Lipinski definition) is 3. The van der Waals surface area contributed by atoms with Gasteiger partial charge in [-0.1, -0.05) is 0 Å². The fraction of sp³-hybridized carbons (Fsp3) is 0.778. The third-order valence-electron chi connectivity index (χ3n) is 2.70. The first kappa shape index (κ1) is 10.8. The fourth-order valence-electron chi connectivity index (χ4n) is 1.84. The maximum absolute atomic E-state index is 10.8. The van der Waals surface area contributed by atoms with Crippen molar-refractivity contribution in [3.8, 4) is 0 Å². The molecule has 0 aromatic heterocycles. The highest BCUT2D eigenvalue weighted by Crippen LogP contribution is 2.29. The van der Waals surface area contributed by atoms with Crippen molar-refractivity contribution < 1.29 is 9.53 Å². The van der Waals surface area contributed by atoms with Gasteiger partial charge in [0.15, 0.2) is 0 Å². The Kier molecular flexibility index (Phi) is 3.73. The van der Waals surface area contributed by atoms with E-state index >= 15 is 0 Å². The lowest BCUT2D eigenvalue weighted by atomic mass is 10.0. The third kappa shape index (κ3) is 2.90. The minimum absolute atomic E-state index is 0.208. The Balaban J connectivity index is 2.22. The predicted octanol–water partition coefficient (Wildman–Crippen LogP) is 0.695. The molecule has 0 saturated heterocycles. The summed E-state index contributed by atoms with van der Waals surface area (Å²) in [5, 5.41) is 9.96. The van der Waals surface area contributed by atoms with Gasteiger partial charge in [-0.05, 0) is 25.2 Å². The summed E-state index contributed by atoms with van der Waals surface area (Å²) in [6.07, 6.45) is 2.49. The second-order valence-corrected chi connectivity index (χ2v) is 3.70. The number of amides is 1. The Labute approximate surface area is 83.5 Å². The molecule has 80 valence electrons. The summed E-state index contributed by atoms with van der Waals surface area (Å²) in [5.41, 5.74) is 5.41. The fourth-order valence-corrected chi connectivity index (χ4v) is 1.84. The monoisotopic (exact) mass is 199 g/mol. The van der Waals surface area contributed by atoms with Crippen LogP contribution in [0.15, 0.2) is 0 Å². The zero-order chi connectivity index (χ0) is 10.6. The molecule has 5 nitrogen and oxygen atoms in total. The molecule has 14 heavy (non-hydrogen) atoms. The molecule has 0 radical (unpaired) electrons. The first-order valence-electron chi connectivity index (χ1n) is 4.79. The van der Waals surface area contributed by atoms with E-state index < -0.39 is 6.09 Å². The molecule has 2 unspecified atom stereocenters. The predicted molar refractivity (Wildman–Crippen MR) is 53.2 cm³/mol.